The highest BCUT2D eigenvalue weighted by Gasteiger charge is 2.23. The van der Waals surface area contributed by atoms with Gasteiger partial charge in [-0.2, -0.15) is 0 Å². The lowest BCUT2D eigenvalue weighted by Crippen LogP contribution is -2.47. The molecule has 0 fully saturated rings. The van der Waals surface area contributed by atoms with Crippen LogP contribution in [0.5, 0.6) is 0 Å². The fourth-order valence-electron chi connectivity index (χ4n) is 1.90. The van der Waals surface area contributed by atoms with Crippen LogP contribution >= 0.6 is 11.6 Å². The normalized spacial score (nSPS) is 13.8. The third-order valence-corrected chi connectivity index (χ3v) is 3.02. The van der Waals surface area contributed by atoms with Gasteiger partial charge in [0.2, 0.25) is 0 Å². The van der Waals surface area contributed by atoms with Crippen molar-refractivity contribution in [3.8, 4) is 0 Å². The lowest BCUT2D eigenvalue weighted by molar-refractivity contribution is -0.384. The Balaban J connectivity index is 2.80. The average Bonchev–Trinajstić information content (AvgIpc) is 2.34. The van der Waals surface area contributed by atoms with E-state index in [-0.39, 0.29) is 22.8 Å². The van der Waals surface area contributed by atoms with Crippen molar-refractivity contribution >= 4 is 23.2 Å². The standard InChI is InChI=1S/C13H18ClN3O4/c1-13(19,8-16(2)3)7-15-12(18)10-6-9(17(20)21)4-5-11(10)14/h4-6,19H,7-8H2,1-3H3,(H,15,18). The summed E-state index contributed by atoms with van der Waals surface area (Å²) in [4.78, 5) is 23.9. The molecule has 0 saturated carbocycles. The molecule has 8 heteroatoms. The van der Waals surface area contributed by atoms with Gasteiger partial charge in [0, 0.05) is 25.2 Å². The Bertz CT molecular complexity index is 546. The first-order valence-corrected chi connectivity index (χ1v) is 6.59. The highest BCUT2D eigenvalue weighted by molar-refractivity contribution is 6.33. The van der Waals surface area contributed by atoms with E-state index < -0.39 is 16.4 Å². The number of halogens is 1. The van der Waals surface area contributed by atoms with Gasteiger partial charge in [-0.05, 0) is 27.1 Å². The first-order chi connectivity index (χ1) is 9.62. The fraction of sp³-hybridized carbons (Fsp3) is 0.462. The van der Waals surface area contributed by atoms with Crippen molar-refractivity contribution < 1.29 is 14.8 Å². The number of carbonyl (C=O) groups excluding carboxylic acids is 1. The number of amides is 1. The number of nitrogens with one attached hydrogen (secondary N) is 1. The quantitative estimate of drug-likeness (QED) is 0.609. The first kappa shape index (κ1) is 17.4. The molecule has 7 nitrogen and oxygen atoms in total. The van der Waals surface area contributed by atoms with Crippen LogP contribution in [0, 0.1) is 10.1 Å². The molecule has 0 saturated heterocycles. The number of non-ortho nitro benzene ring substituents is 1. The Morgan fingerprint density at radius 1 is 1.52 bits per heavy atom. The minimum absolute atomic E-state index is 0.00301. The Hall–Kier alpha value is -1.70. The number of aliphatic hydroxyl groups is 1. The van der Waals surface area contributed by atoms with Crippen LogP contribution in [-0.4, -0.2) is 53.6 Å². The summed E-state index contributed by atoms with van der Waals surface area (Å²) in [7, 11) is 3.60. The maximum Gasteiger partial charge on any atom is 0.270 e. The molecular formula is C13H18ClN3O4. The molecule has 1 aromatic carbocycles. The number of likely N-dealkylation sites (N-methyl/N-ethyl adjacent to an activating group) is 1. The van der Waals surface area contributed by atoms with Crippen LogP contribution in [-0.2, 0) is 0 Å². The number of benzene rings is 1. The molecule has 1 atom stereocenters. The zero-order valence-corrected chi connectivity index (χ0v) is 12.8. The summed E-state index contributed by atoms with van der Waals surface area (Å²) >= 11 is 5.88. The smallest absolute Gasteiger partial charge is 0.270 e. The second-order valence-electron chi connectivity index (χ2n) is 5.34. The van der Waals surface area contributed by atoms with Gasteiger partial charge in [-0.15, -0.1) is 0 Å². The van der Waals surface area contributed by atoms with Crippen LogP contribution in [0.15, 0.2) is 18.2 Å². The van der Waals surface area contributed by atoms with Crippen LogP contribution in [0.1, 0.15) is 17.3 Å². The molecule has 21 heavy (non-hydrogen) atoms. The van der Waals surface area contributed by atoms with Gasteiger partial charge in [0.05, 0.1) is 21.1 Å². The monoisotopic (exact) mass is 315 g/mol. The van der Waals surface area contributed by atoms with Crippen molar-refractivity contribution in [2.75, 3.05) is 27.2 Å². The number of nitro groups is 1. The fourth-order valence-corrected chi connectivity index (χ4v) is 2.11. The molecule has 0 aliphatic carbocycles. The van der Waals surface area contributed by atoms with Crippen molar-refractivity contribution in [3.05, 3.63) is 38.9 Å². The summed E-state index contributed by atoms with van der Waals surface area (Å²) in [6, 6.07) is 3.63. The van der Waals surface area contributed by atoms with Gasteiger partial charge in [0.25, 0.3) is 11.6 Å². The van der Waals surface area contributed by atoms with Gasteiger partial charge in [-0.1, -0.05) is 11.6 Å². The second-order valence-corrected chi connectivity index (χ2v) is 5.75. The minimum Gasteiger partial charge on any atom is -0.387 e. The van der Waals surface area contributed by atoms with Gasteiger partial charge >= 0.3 is 0 Å². The predicted molar refractivity (Wildman–Crippen MR) is 79.6 cm³/mol. The highest BCUT2D eigenvalue weighted by atomic mass is 35.5. The molecule has 0 aromatic heterocycles. The number of hydrogen-bond donors (Lipinski definition) is 2. The van der Waals surface area contributed by atoms with E-state index in [0.29, 0.717) is 6.54 Å². The molecule has 0 spiro atoms. The number of nitrogens with zero attached hydrogens (tertiary/aromatic N) is 2. The third kappa shape index (κ3) is 5.30. The van der Waals surface area contributed by atoms with Crippen molar-refractivity contribution in [1.82, 2.24) is 10.2 Å². The number of hydrogen-bond acceptors (Lipinski definition) is 5. The maximum absolute atomic E-state index is 12.0. The van der Waals surface area contributed by atoms with Crippen LogP contribution in [0.2, 0.25) is 5.02 Å². The van der Waals surface area contributed by atoms with Crippen molar-refractivity contribution in [2.45, 2.75) is 12.5 Å². The summed E-state index contributed by atoms with van der Waals surface area (Å²) in [5.74, 6) is -0.567. The number of nitro benzene ring substituents is 1. The lowest BCUT2D eigenvalue weighted by Gasteiger charge is -2.27. The Morgan fingerprint density at radius 2 is 2.14 bits per heavy atom. The van der Waals surface area contributed by atoms with E-state index in [2.05, 4.69) is 5.32 Å². The summed E-state index contributed by atoms with van der Waals surface area (Å²) < 4.78 is 0. The van der Waals surface area contributed by atoms with Crippen molar-refractivity contribution in [1.29, 1.82) is 0 Å². The zero-order chi connectivity index (χ0) is 16.2. The van der Waals surface area contributed by atoms with E-state index in [0.717, 1.165) is 6.07 Å². The average molecular weight is 316 g/mol. The molecule has 0 radical (unpaired) electrons. The molecule has 1 unspecified atom stereocenters. The summed E-state index contributed by atoms with van der Waals surface area (Å²) in [5, 5.41) is 23.5. The van der Waals surface area contributed by atoms with Crippen LogP contribution in [0.25, 0.3) is 0 Å². The molecule has 116 valence electrons. The molecule has 0 bridgehead atoms. The van der Waals surface area contributed by atoms with Crippen LogP contribution < -0.4 is 5.32 Å². The molecule has 1 amide bonds. The van der Waals surface area contributed by atoms with Gasteiger partial charge in [-0.25, -0.2) is 0 Å². The third-order valence-electron chi connectivity index (χ3n) is 2.69. The predicted octanol–water partition coefficient (Wildman–Crippen LogP) is 1.29. The second kappa shape index (κ2) is 6.84. The topological polar surface area (TPSA) is 95.7 Å². The van der Waals surface area contributed by atoms with Gasteiger partial charge in [0.1, 0.15) is 0 Å². The van der Waals surface area contributed by atoms with E-state index in [4.69, 9.17) is 11.6 Å². The lowest BCUT2D eigenvalue weighted by atomic mass is 10.1. The summed E-state index contributed by atoms with van der Waals surface area (Å²) in [5.41, 5.74) is -1.33. The molecular weight excluding hydrogens is 298 g/mol. The molecule has 1 aromatic rings. The zero-order valence-electron chi connectivity index (χ0n) is 12.1. The van der Waals surface area contributed by atoms with Crippen LogP contribution in [0.3, 0.4) is 0 Å². The van der Waals surface area contributed by atoms with Gasteiger partial charge < -0.3 is 15.3 Å². The van der Waals surface area contributed by atoms with E-state index in [1.165, 1.54) is 12.1 Å². The van der Waals surface area contributed by atoms with E-state index in [9.17, 15) is 20.0 Å². The molecule has 0 aliphatic heterocycles. The molecule has 0 aliphatic rings. The Morgan fingerprint density at radius 3 is 2.67 bits per heavy atom. The Labute approximate surface area is 127 Å². The molecule has 0 heterocycles. The minimum atomic E-state index is -1.12. The van der Waals surface area contributed by atoms with E-state index in [1.807, 2.05) is 0 Å². The van der Waals surface area contributed by atoms with Gasteiger partial charge in [-0.3, -0.25) is 14.9 Å². The van der Waals surface area contributed by atoms with Crippen molar-refractivity contribution in [3.63, 3.8) is 0 Å². The summed E-state index contributed by atoms with van der Waals surface area (Å²) in [6.45, 7) is 1.95. The Kier molecular flexibility index (Phi) is 5.65. The van der Waals surface area contributed by atoms with E-state index in [1.54, 1.807) is 25.9 Å². The molecule has 2 N–H and O–H groups in total. The number of carbonyl (C=O) groups is 1. The largest absolute Gasteiger partial charge is 0.387 e. The summed E-state index contributed by atoms with van der Waals surface area (Å²) in [6.07, 6.45) is 0. The first-order valence-electron chi connectivity index (χ1n) is 6.21. The highest BCUT2D eigenvalue weighted by Crippen LogP contribution is 2.22. The maximum atomic E-state index is 12.0. The van der Waals surface area contributed by atoms with Crippen LogP contribution in [0.4, 0.5) is 5.69 Å². The van der Waals surface area contributed by atoms with Crippen molar-refractivity contribution in [2.24, 2.45) is 0 Å². The van der Waals surface area contributed by atoms with E-state index >= 15 is 0 Å². The number of rotatable bonds is 6. The van der Waals surface area contributed by atoms with Gasteiger partial charge in [0.15, 0.2) is 0 Å². The molecule has 1 rings (SSSR count). The SMILES string of the molecule is CN(C)CC(C)(O)CNC(=O)c1cc([N+](=O)[O-])ccc1Cl.